The van der Waals surface area contributed by atoms with Crippen LogP contribution in [-0.4, -0.2) is 10.7 Å². The number of hydrogen-bond acceptors (Lipinski definition) is 2. The molecule has 0 aliphatic heterocycles. The Bertz CT molecular complexity index is 456. The van der Waals surface area contributed by atoms with Gasteiger partial charge in [-0.15, -0.1) is 0 Å². The minimum atomic E-state index is -3.62. The second kappa shape index (κ2) is 4.24. The zero-order valence-electron chi connectivity index (χ0n) is 10.1. The second-order valence-corrected chi connectivity index (χ2v) is 4.98. The molecule has 3 N–H and O–H groups in total. The lowest BCUT2D eigenvalue weighted by Gasteiger charge is -2.33. The largest absolute Gasteiger partial charge is 0.383 e. The van der Waals surface area contributed by atoms with Crippen LogP contribution in [0.1, 0.15) is 30.9 Å². The maximum absolute atomic E-state index is 14.3. The van der Waals surface area contributed by atoms with Crippen molar-refractivity contribution in [3.63, 3.8) is 0 Å². The molecule has 0 aromatic heterocycles. The molecule has 0 radical (unpaired) electrons. The van der Waals surface area contributed by atoms with E-state index in [0.29, 0.717) is 12.8 Å². The fraction of sp³-hybridized carbons (Fsp3) is 0.538. The third kappa shape index (κ3) is 1.91. The highest BCUT2D eigenvalue weighted by Gasteiger charge is 2.59. The molecule has 1 aromatic carbocycles. The molecule has 0 spiro atoms. The predicted octanol–water partition coefficient (Wildman–Crippen LogP) is 2.54. The number of benzene rings is 1. The Hall–Kier alpha value is -1.07. The van der Waals surface area contributed by atoms with Gasteiger partial charge in [-0.05, 0) is 31.7 Å². The fourth-order valence-corrected chi connectivity index (χ4v) is 2.15. The number of alkyl halides is 2. The van der Waals surface area contributed by atoms with Crippen LogP contribution in [0.3, 0.4) is 0 Å². The van der Waals surface area contributed by atoms with E-state index in [2.05, 4.69) is 0 Å². The zero-order valence-corrected chi connectivity index (χ0v) is 10.1. The summed E-state index contributed by atoms with van der Waals surface area (Å²) in [7, 11) is 0. The average Bonchev–Trinajstić information content (AvgIpc) is 3.12. The summed E-state index contributed by atoms with van der Waals surface area (Å²) in [4.78, 5) is 0. The molecule has 1 aliphatic carbocycles. The van der Waals surface area contributed by atoms with Gasteiger partial charge in [-0.25, -0.2) is 4.39 Å². The van der Waals surface area contributed by atoms with E-state index in [-0.39, 0.29) is 12.1 Å². The van der Waals surface area contributed by atoms with Crippen molar-refractivity contribution in [1.29, 1.82) is 0 Å². The van der Waals surface area contributed by atoms with Crippen LogP contribution in [-0.2, 0) is 12.5 Å². The molecule has 5 heteroatoms. The molecular formula is C13H16F3NO. The molecule has 1 aromatic rings. The molecule has 0 amide bonds. The molecule has 0 heterocycles. The normalized spacial score (nSPS) is 19.7. The fourth-order valence-electron chi connectivity index (χ4n) is 2.15. The van der Waals surface area contributed by atoms with Crippen LogP contribution >= 0.6 is 0 Å². The van der Waals surface area contributed by atoms with Crippen molar-refractivity contribution in [1.82, 2.24) is 0 Å². The van der Waals surface area contributed by atoms with E-state index in [4.69, 9.17) is 5.73 Å². The first-order valence-corrected chi connectivity index (χ1v) is 5.90. The van der Waals surface area contributed by atoms with Gasteiger partial charge in [0.2, 0.25) is 0 Å². The number of hydrogen-bond donors (Lipinski definition) is 2. The SMILES string of the molecule is CC(O)(C1CC1)C(F)(F)c1cccc(CN)c1F. The van der Waals surface area contributed by atoms with E-state index in [1.165, 1.54) is 12.1 Å². The molecule has 2 rings (SSSR count). The van der Waals surface area contributed by atoms with Gasteiger partial charge >= 0.3 is 5.92 Å². The van der Waals surface area contributed by atoms with Crippen molar-refractivity contribution < 1.29 is 18.3 Å². The number of rotatable bonds is 4. The lowest BCUT2D eigenvalue weighted by atomic mass is 9.86. The first kappa shape index (κ1) is 13.4. The third-order valence-corrected chi connectivity index (χ3v) is 3.64. The minimum Gasteiger partial charge on any atom is -0.383 e. The van der Waals surface area contributed by atoms with Crippen LogP contribution in [0.5, 0.6) is 0 Å². The molecule has 0 saturated heterocycles. The molecule has 2 nitrogen and oxygen atoms in total. The molecular weight excluding hydrogens is 243 g/mol. The number of aliphatic hydroxyl groups is 1. The van der Waals surface area contributed by atoms with E-state index in [0.717, 1.165) is 13.0 Å². The Morgan fingerprint density at radius 2 is 2.00 bits per heavy atom. The van der Waals surface area contributed by atoms with E-state index in [9.17, 15) is 18.3 Å². The summed E-state index contributed by atoms with van der Waals surface area (Å²) < 4.78 is 42.5. The van der Waals surface area contributed by atoms with Gasteiger partial charge in [0, 0.05) is 12.1 Å². The van der Waals surface area contributed by atoms with Crippen molar-refractivity contribution in [3.8, 4) is 0 Å². The number of nitrogens with two attached hydrogens (primary N) is 1. The van der Waals surface area contributed by atoms with Crippen molar-refractivity contribution >= 4 is 0 Å². The van der Waals surface area contributed by atoms with Crippen LogP contribution in [0, 0.1) is 11.7 Å². The maximum Gasteiger partial charge on any atom is 0.304 e. The van der Waals surface area contributed by atoms with E-state index in [1.54, 1.807) is 0 Å². The molecule has 18 heavy (non-hydrogen) atoms. The van der Waals surface area contributed by atoms with Crippen molar-refractivity contribution in [2.45, 2.75) is 37.8 Å². The molecule has 1 atom stereocenters. The Labute approximate surface area is 104 Å². The summed E-state index contributed by atoms with van der Waals surface area (Å²) in [5.74, 6) is -5.12. The summed E-state index contributed by atoms with van der Waals surface area (Å²) in [6.45, 7) is 0.917. The predicted molar refractivity (Wildman–Crippen MR) is 61.5 cm³/mol. The van der Waals surface area contributed by atoms with Crippen LogP contribution in [0.4, 0.5) is 13.2 Å². The zero-order chi connectivity index (χ0) is 13.6. The Morgan fingerprint density at radius 3 is 2.50 bits per heavy atom. The third-order valence-electron chi connectivity index (χ3n) is 3.64. The molecule has 1 aliphatic rings. The smallest absolute Gasteiger partial charge is 0.304 e. The number of halogens is 3. The average molecular weight is 259 g/mol. The quantitative estimate of drug-likeness (QED) is 0.872. The van der Waals surface area contributed by atoms with Gasteiger partial charge in [-0.2, -0.15) is 8.78 Å². The van der Waals surface area contributed by atoms with Crippen LogP contribution in [0.25, 0.3) is 0 Å². The Balaban J connectivity index is 2.46. The van der Waals surface area contributed by atoms with E-state index in [1.807, 2.05) is 0 Å². The van der Waals surface area contributed by atoms with Gasteiger partial charge in [0.25, 0.3) is 0 Å². The van der Waals surface area contributed by atoms with Crippen LogP contribution in [0.15, 0.2) is 18.2 Å². The van der Waals surface area contributed by atoms with Crippen molar-refractivity contribution in [2.24, 2.45) is 11.7 Å². The van der Waals surface area contributed by atoms with Gasteiger partial charge in [0.1, 0.15) is 11.4 Å². The summed E-state index contributed by atoms with van der Waals surface area (Å²) in [5, 5.41) is 9.98. The molecule has 1 saturated carbocycles. The summed E-state index contributed by atoms with van der Waals surface area (Å²) in [6.07, 6.45) is 1.08. The Kier molecular flexibility index (Phi) is 3.15. The summed E-state index contributed by atoms with van der Waals surface area (Å²) in [5.41, 5.74) is 2.33. The monoisotopic (exact) mass is 259 g/mol. The summed E-state index contributed by atoms with van der Waals surface area (Å²) >= 11 is 0. The highest BCUT2D eigenvalue weighted by atomic mass is 19.3. The van der Waals surface area contributed by atoms with Crippen molar-refractivity contribution in [2.75, 3.05) is 0 Å². The van der Waals surface area contributed by atoms with Crippen LogP contribution < -0.4 is 5.73 Å². The molecule has 1 unspecified atom stereocenters. The molecule has 0 bridgehead atoms. The highest BCUT2D eigenvalue weighted by Crippen LogP contribution is 2.52. The standard InChI is InChI=1S/C13H16F3NO/c1-12(18,9-5-6-9)13(15,16)10-4-2-3-8(7-17)11(10)14/h2-4,9,18H,5-7,17H2,1H3. The minimum absolute atomic E-state index is 0.0266. The van der Waals surface area contributed by atoms with Gasteiger partial charge in [0.15, 0.2) is 0 Å². The van der Waals surface area contributed by atoms with E-state index >= 15 is 0 Å². The lowest BCUT2D eigenvalue weighted by Crippen LogP contribution is -2.45. The molecule has 100 valence electrons. The Morgan fingerprint density at radius 1 is 1.39 bits per heavy atom. The van der Waals surface area contributed by atoms with Gasteiger partial charge < -0.3 is 10.8 Å². The van der Waals surface area contributed by atoms with Gasteiger partial charge in [0.05, 0.1) is 5.56 Å². The highest BCUT2D eigenvalue weighted by molar-refractivity contribution is 5.32. The van der Waals surface area contributed by atoms with Gasteiger partial charge in [-0.3, -0.25) is 0 Å². The van der Waals surface area contributed by atoms with E-state index < -0.39 is 28.8 Å². The molecule has 1 fully saturated rings. The lowest BCUT2D eigenvalue weighted by molar-refractivity contribution is -0.191. The first-order valence-electron chi connectivity index (χ1n) is 5.90. The first-order chi connectivity index (χ1) is 8.32. The van der Waals surface area contributed by atoms with Gasteiger partial charge in [-0.1, -0.05) is 12.1 Å². The second-order valence-electron chi connectivity index (χ2n) is 4.98. The van der Waals surface area contributed by atoms with Crippen LogP contribution in [0.2, 0.25) is 0 Å². The van der Waals surface area contributed by atoms with Crippen molar-refractivity contribution in [3.05, 3.63) is 35.1 Å². The maximum atomic E-state index is 14.3. The summed E-state index contributed by atoms with van der Waals surface area (Å²) in [6, 6.07) is 3.70. The topological polar surface area (TPSA) is 46.2 Å².